The standard InChI is InChI=1S/C24H35N3O2.C6H8O7/c1-23(2)14-20(15-24(3,4)26-23)27(17-19-11-7-8-13-25-19)16-18-10-9-12-21(28-5)22(18)29-6;7-3(8)1-6(13,5(11)12)2-4(9)10/h7-13,20,26H,14-17H2,1-6H3;13H,1-2H2,(H,7,8)(H,9,10)(H,11,12). The van der Waals surface area contributed by atoms with Gasteiger partial charge in [0, 0.05) is 42.0 Å². The first-order valence-electron chi connectivity index (χ1n) is 13.5. The number of carbonyl (C=O) groups is 3. The number of aromatic nitrogens is 1. The summed E-state index contributed by atoms with van der Waals surface area (Å²) in [7, 11) is 3.40. The number of benzene rings is 1. The zero-order valence-electron chi connectivity index (χ0n) is 25.1. The van der Waals surface area contributed by atoms with E-state index in [1.54, 1.807) is 14.2 Å². The number of aliphatic carboxylic acids is 3. The van der Waals surface area contributed by atoms with Gasteiger partial charge < -0.3 is 35.2 Å². The van der Waals surface area contributed by atoms with Crippen LogP contribution in [-0.2, 0) is 27.5 Å². The first-order chi connectivity index (χ1) is 19.5. The Kier molecular flexibility index (Phi) is 11.8. The maximum Gasteiger partial charge on any atom is 0.336 e. The van der Waals surface area contributed by atoms with E-state index in [0.717, 1.165) is 48.7 Å². The fourth-order valence-corrected chi connectivity index (χ4v) is 5.55. The Morgan fingerprint density at radius 1 is 0.929 bits per heavy atom. The molecule has 2 aromatic rings. The second kappa shape index (κ2) is 14.4. The molecule has 1 saturated heterocycles. The normalized spacial score (nSPS) is 16.2. The third kappa shape index (κ3) is 10.3. The van der Waals surface area contributed by atoms with E-state index >= 15 is 0 Å². The lowest BCUT2D eigenvalue weighted by Crippen LogP contribution is -2.62. The number of aliphatic hydroxyl groups is 1. The summed E-state index contributed by atoms with van der Waals surface area (Å²) in [4.78, 5) is 37.6. The van der Waals surface area contributed by atoms with E-state index in [1.807, 2.05) is 24.4 Å². The van der Waals surface area contributed by atoms with Crippen molar-refractivity contribution < 1.29 is 44.3 Å². The summed E-state index contributed by atoms with van der Waals surface area (Å²) in [5.74, 6) is -3.43. The number of rotatable bonds is 12. The number of piperidine rings is 1. The fourth-order valence-electron chi connectivity index (χ4n) is 5.55. The van der Waals surface area contributed by atoms with Crippen molar-refractivity contribution in [2.45, 2.75) is 89.2 Å². The summed E-state index contributed by atoms with van der Waals surface area (Å²) >= 11 is 0. The van der Waals surface area contributed by atoms with E-state index < -0.39 is 36.4 Å². The van der Waals surface area contributed by atoms with E-state index in [1.165, 1.54) is 0 Å². The molecule has 12 heteroatoms. The largest absolute Gasteiger partial charge is 0.493 e. The molecule has 42 heavy (non-hydrogen) atoms. The Bertz CT molecular complexity index is 1190. The van der Waals surface area contributed by atoms with Gasteiger partial charge in [0.2, 0.25) is 0 Å². The minimum absolute atomic E-state index is 0.0766. The highest BCUT2D eigenvalue weighted by Crippen LogP contribution is 2.36. The molecule has 1 fully saturated rings. The fraction of sp³-hybridized carbons (Fsp3) is 0.533. The summed E-state index contributed by atoms with van der Waals surface area (Å²) in [5.41, 5.74) is -0.363. The number of para-hydroxylation sites is 1. The summed E-state index contributed by atoms with van der Waals surface area (Å²) in [6.45, 7) is 10.8. The van der Waals surface area contributed by atoms with Gasteiger partial charge in [-0.05, 0) is 58.7 Å². The van der Waals surface area contributed by atoms with E-state index in [-0.39, 0.29) is 11.1 Å². The van der Waals surface area contributed by atoms with Crippen molar-refractivity contribution in [3.63, 3.8) is 0 Å². The SMILES string of the molecule is COc1cccc(CN(Cc2ccccn2)C2CC(C)(C)NC(C)(C)C2)c1OC.O=C(O)CC(O)(CC(=O)O)C(=O)O. The molecule has 0 unspecified atom stereocenters. The quantitative estimate of drug-likeness (QED) is 0.245. The summed E-state index contributed by atoms with van der Waals surface area (Å²) in [5, 5.41) is 37.6. The molecule has 0 bridgehead atoms. The topological polar surface area (TPSA) is 179 Å². The maximum atomic E-state index is 10.3. The third-order valence-corrected chi connectivity index (χ3v) is 6.92. The van der Waals surface area contributed by atoms with Crippen LogP contribution in [0.3, 0.4) is 0 Å². The molecule has 1 aromatic heterocycles. The average Bonchev–Trinajstić information content (AvgIpc) is 2.86. The van der Waals surface area contributed by atoms with Crippen molar-refractivity contribution in [1.82, 2.24) is 15.2 Å². The first kappa shape index (κ1) is 34.5. The number of carboxylic acid groups (broad SMARTS) is 3. The second-order valence-corrected chi connectivity index (χ2v) is 11.8. The van der Waals surface area contributed by atoms with Gasteiger partial charge in [0.05, 0.1) is 32.8 Å². The van der Waals surface area contributed by atoms with Gasteiger partial charge in [-0.3, -0.25) is 19.5 Å². The van der Waals surface area contributed by atoms with Gasteiger partial charge in [-0.1, -0.05) is 18.2 Å². The number of methoxy groups -OCH3 is 2. The van der Waals surface area contributed by atoms with E-state index in [4.69, 9.17) is 29.9 Å². The molecule has 5 N–H and O–H groups in total. The Hall–Kier alpha value is -3.74. The Morgan fingerprint density at radius 2 is 1.52 bits per heavy atom. The first-order valence-corrected chi connectivity index (χ1v) is 13.5. The third-order valence-electron chi connectivity index (χ3n) is 6.92. The molecule has 3 rings (SSSR count). The van der Waals surface area contributed by atoms with Gasteiger partial charge in [-0.25, -0.2) is 4.79 Å². The van der Waals surface area contributed by atoms with Gasteiger partial charge in [0.1, 0.15) is 0 Å². The molecule has 0 aliphatic carbocycles. The number of pyridine rings is 1. The van der Waals surface area contributed by atoms with Crippen LogP contribution in [0.2, 0.25) is 0 Å². The van der Waals surface area contributed by atoms with Crippen LogP contribution in [-0.4, -0.2) is 85.2 Å². The number of carboxylic acids is 3. The average molecular weight is 590 g/mol. The predicted molar refractivity (Wildman–Crippen MR) is 154 cm³/mol. The van der Waals surface area contributed by atoms with Crippen LogP contribution in [0.5, 0.6) is 11.5 Å². The van der Waals surface area contributed by atoms with E-state index in [0.29, 0.717) is 6.04 Å². The molecule has 232 valence electrons. The molecule has 1 aliphatic rings. The van der Waals surface area contributed by atoms with Crippen LogP contribution >= 0.6 is 0 Å². The van der Waals surface area contributed by atoms with Crippen molar-refractivity contribution in [2.24, 2.45) is 0 Å². The second-order valence-electron chi connectivity index (χ2n) is 11.8. The molecule has 0 spiro atoms. The van der Waals surface area contributed by atoms with Gasteiger partial charge in [0.25, 0.3) is 0 Å². The summed E-state index contributed by atoms with van der Waals surface area (Å²) in [6, 6.07) is 12.7. The Labute approximate surface area is 246 Å². The van der Waals surface area contributed by atoms with Gasteiger partial charge in [-0.2, -0.15) is 0 Å². The molecule has 0 saturated carbocycles. The van der Waals surface area contributed by atoms with Crippen LogP contribution < -0.4 is 14.8 Å². The van der Waals surface area contributed by atoms with Crippen molar-refractivity contribution in [3.8, 4) is 11.5 Å². The summed E-state index contributed by atoms with van der Waals surface area (Å²) in [6.07, 6.45) is 1.74. The lowest BCUT2D eigenvalue weighted by molar-refractivity contribution is -0.170. The molecule has 2 heterocycles. The minimum atomic E-state index is -2.74. The monoisotopic (exact) mass is 589 g/mol. The highest BCUT2D eigenvalue weighted by atomic mass is 16.5. The maximum absolute atomic E-state index is 10.3. The highest BCUT2D eigenvalue weighted by Gasteiger charge is 2.41. The van der Waals surface area contributed by atoms with E-state index in [2.05, 4.69) is 61.1 Å². The number of ether oxygens (including phenoxy) is 2. The smallest absolute Gasteiger partial charge is 0.336 e. The molecular formula is C30H43N3O9. The van der Waals surface area contributed by atoms with Gasteiger partial charge in [0.15, 0.2) is 17.1 Å². The molecule has 0 atom stereocenters. The van der Waals surface area contributed by atoms with Crippen molar-refractivity contribution >= 4 is 17.9 Å². The molecule has 0 amide bonds. The minimum Gasteiger partial charge on any atom is -0.493 e. The predicted octanol–water partition coefficient (Wildman–Crippen LogP) is 3.16. The molecule has 12 nitrogen and oxygen atoms in total. The zero-order chi connectivity index (χ0) is 31.7. The number of hydrogen-bond acceptors (Lipinski definition) is 9. The molecular weight excluding hydrogens is 546 g/mol. The molecule has 1 aliphatic heterocycles. The highest BCUT2D eigenvalue weighted by molar-refractivity contribution is 5.88. The van der Waals surface area contributed by atoms with Crippen LogP contribution in [0, 0.1) is 0 Å². The molecule has 0 radical (unpaired) electrons. The van der Waals surface area contributed by atoms with Crippen molar-refractivity contribution in [3.05, 3.63) is 53.9 Å². The van der Waals surface area contributed by atoms with Gasteiger partial charge >= 0.3 is 17.9 Å². The lowest BCUT2D eigenvalue weighted by Gasteiger charge is -2.49. The molecule has 1 aromatic carbocycles. The van der Waals surface area contributed by atoms with Gasteiger partial charge in [-0.15, -0.1) is 0 Å². The lowest BCUT2D eigenvalue weighted by atomic mass is 9.79. The van der Waals surface area contributed by atoms with E-state index in [9.17, 15) is 14.4 Å². The summed E-state index contributed by atoms with van der Waals surface area (Å²) < 4.78 is 11.2. The zero-order valence-corrected chi connectivity index (χ0v) is 25.1. The number of nitrogens with zero attached hydrogens (tertiary/aromatic N) is 2. The Morgan fingerprint density at radius 3 is 1.98 bits per heavy atom. The Balaban J connectivity index is 0.000000401. The van der Waals surface area contributed by atoms with Crippen LogP contribution in [0.1, 0.15) is 64.6 Å². The number of nitrogens with one attached hydrogen (secondary N) is 1. The van der Waals surface area contributed by atoms with Crippen LogP contribution in [0.25, 0.3) is 0 Å². The van der Waals surface area contributed by atoms with Crippen molar-refractivity contribution in [2.75, 3.05) is 14.2 Å². The van der Waals surface area contributed by atoms with Crippen molar-refractivity contribution in [1.29, 1.82) is 0 Å². The van der Waals surface area contributed by atoms with Crippen LogP contribution in [0.4, 0.5) is 0 Å². The van der Waals surface area contributed by atoms with Crippen LogP contribution in [0.15, 0.2) is 42.6 Å². The number of hydrogen-bond donors (Lipinski definition) is 5.